The Labute approximate surface area is 95.6 Å². The maximum atomic E-state index is 5.55. The van der Waals surface area contributed by atoms with Gasteiger partial charge in [0.05, 0.1) is 24.9 Å². The van der Waals surface area contributed by atoms with Crippen LogP contribution in [-0.2, 0) is 4.74 Å². The predicted octanol–water partition coefficient (Wildman–Crippen LogP) is 1.27. The molecule has 0 spiro atoms. The maximum absolute atomic E-state index is 5.55. The number of pyridine rings is 1. The van der Waals surface area contributed by atoms with Gasteiger partial charge in [-0.05, 0) is 18.6 Å². The first-order chi connectivity index (χ1) is 7.75. The Morgan fingerprint density at radius 3 is 3.25 bits per heavy atom. The summed E-state index contributed by atoms with van der Waals surface area (Å²) in [4.78, 5) is 6.78. The third-order valence-corrected chi connectivity index (χ3v) is 3.55. The molecule has 16 heavy (non-hydrogen) atoms. The second-order valence-electron chi connectivity index (χ2n) is 4.74. The first kappa shape index (κ1) is 9.90. The molecule has 86 valence electrons. The summed E-state index contributed by atoms with van der Waals surface area (Å²) in [6.45, 7) is 4.73. The number of hydrogen-bond acceptors (Lipinski definition) is 4. The van der Waals surface area contributed by atoms with Crippen molar-refractivity contribution < 1.29 is 4.74 Å². The lowest BCUT2D eigenvalue weighted by molar-refractivity contribution is 0.185. The minimum Gasteiger partial charge on any atom is -0.382 e. The first-order valence-corrected chi connectivity index (χ1v) is 5.77. The van der Waals surface area contributed by atoms with E-state index in [2.05, 4.69) is 35.2 Å². The average Bonchev–Trinajstić information content (AvgIpc) is 2.69. The minimum absolute atomic E-state index is 0.462. The van der Waals surface area contributed by atoms with E-state index in [1.54, 1.807) is 0 Å². The van der Waals surface area contributed by atoms with Crippen molar-refractivity contribution in [3.05, 3.63) is 17.8 Å². The van der Waals surface area contributed by atoms with Gasteiger partial charge in [0, 0.05) is 25.7 Å². The van der Waals surface area contributed by atoms with Gasteiger partial charge < -0.3 is 15.0 Å². The molecule has 0 aliphatic carbocycles. The molecule has 0 saturated carbocycles. The smallest absolute Gasteiger partial charge is 0.152 e. The number of nitrogens with zero attached hydrogens (tertiary/aromatic N) is 2. The molecule has 1 N–H and O–H groups in total. The van der Waals surface area contributed by atoms with Gasteiger partial charge in [-0.1, -0.05) is 0 Å². The molecule has 0 amide bonds. The van der Waals surface area contributed by atoms with E-state index in [1.807, 2.05) is 6.20 Å². The number of hydrogen-bond donors (Lipinski definition) is 1. The molecule has 1 saturated heterocycles. The highest BCUT2D eigenvalue weighted by atomic mass is 16.5. The Morgan fingerprint density at radius 2 is 2.38 bits per heavy atom. The topological polar surface area (TPSA) is 37.4 Å². The number of ether oxygens (including phenoxy) is 1. The molecular formula is C12H17N3O. The lowest BCUT2D eigenvalue weighted by atomic mass is 10.0. The molecular weight excluding hydrogens is 202 g/mol. The largest absolute Gasteiger partial charge is 0.382 e. The fourth-order valence-electron chi connectivity index (χ4n) is 2.58. The van der Waals surface area contributed by atoms with Crippen LogP contribution < -0.4 is 10.2 Å². The van der Waals surface area contributed by atoms with Gasteiger partial charge in [0.15, 0.2) is 5.82 Å². The van der Waals surface area contributed by atoms with Gasteiger partial charge in [0.1, 0.15) is 0 Å². The fourth-order valence-corrected chi connectivity index (χ4v) is 2.58. The van der Waals surface area contributed by atoms with E-state index in [0.717, 1.165) is 31.3 Å². The summed E-state index contributed by atoms with van der Waals surface area (Å²) in [5.41, 5.74) is 2.35. The van der Waals surface area contributed by atoms with E-state index in [1.165, 1.54) is 5.56 Å². The van der Waals surface area contributed by atoms with Crippen molar-refractivity contribution in [2.24, 2.45) is 5.92 Å². The van der Waals surface area contributed by atoms with Crippen molar-refractivity contribution in [1.29, 1.82) is 0 Å². The van der Waals surface area contributed by atoms with Crippen LogP contribution in [0.3, 0.4) is 0 Å². The van der Waals surface area contributed by atoms with Gasteiger partial charge in [-0.2, -0.15) is 0 Å². The molecule has 3 rings (SSSR count). The highest BCUT2D eigenvalue weighted by molar-refractivity contribution is 5.67. The highest BCUT2D eigenvalue weighted by Gasteiger charge is 2.35. The van der Waals surface area contributed by atoms with Crippen molar-refractivity contribution in [3.63, 3.8) is 0 Å². The summed E-state index contributed by atoms with van der Waals surface area (Å²) in [5, 5.41) is 3.48. The lowest BCUT2D eigenvalue weighted by Gasteiger charge is -2.26. The summed E-state index contributed by atoms with van der Waals surface area (Å²) in [7, 11) is 2.11. The first-order valence-electron chi connectivity index (χ1n) is 5.77. The lowest BCUT2D eigenvalue weighted by Crippen LogP contribution is -2.38. The fraction of sp³-hybridized carbons (Fsp3) is 0.583. The van der Waals surface area contributed by atoms with Crippen molar-refractivity contribution in [2.45, 2.75) is 13.0 Å². The number of aryl methyl sites for hydroxylation is 1. The van der Waals surface area contributed by atoms with Gasteiger partial charge in [-0.15, -0.1) is 0 Å². The third kappa shape index (κ3) is 1.45. The Bertz CT molecular complexity index is 407. The van der Waals surface area contributed by atoms with Crippen molar-refractivity contribution in [3.8, 4) is 0 Å². The SMILES string of the molecule is Cc1cnc2c(c1)NCC1COCC1N2C. The summed E-state index contributed by atoms with van der Waals surface area (Å²) < 4.78 is 5.55. The summed E-state index contributed by atoms with van der Waals surface area (Å²) in [6.07, 6.45) is 1.92. The molecule has 1 aromatic heterocycles. The van der Waals surface area contributed by atoms with E-state index in [9.17, 15) is 0 Å². The third-order valence-electron chi connectivity index (χ3n) is 3.55. The summed E-state index contributed by atoms with van der Waals surface area (Å²) in [6, 6.07) is 2.63. The molecule has 0 aromatic carbocycles. The van der Waals surface area contributed by atoms with Crippen molar-refractivity contribution in [1.82, 2.24) is 4.98 Å². The standard InChI is InChI=1S/C12H17N3O/c1-8-3-10-12(14-4-8)15(2)11-7-16-6-9(11)5-13-10/h3-4,9,11,13H,5-7H2,1-2H3. The molecule has 2 aliphatic heterocycles. The monoisotopic (exact) mass is 219 g/mol. The van der Waals surface area contributed by atoms with Crippen LogP contribution in [0.4, 0.5) is 11.5 Å². The van der Waals surface area contributed by atoms with E-state index >= 15 is 0 Å². The Morgan fingerprint density at radius 1 is 1.50 bits per heavy atom. The Kier molecular flexibility index (Phi) is 2.24. The number of rotatable bonds is 0. The maximum Gasteiger partial charge on any atom is 0.152 e. The van der Waals surface area contributed by atoms with Crippen molar-refractivity contribution in [2.75, 3.05) is 37.0 Å². The molecule has 0 bridgehead atoms. The van der Waals surface area contributed by atoms with Crippen LogP contribution in [0, 0.1) is 12.8 Å². The van der Waals surface area contributed by atoms with Crippen LogP contribution >= 0.6 is 0 Å². The van der Waals surface area contributed by atoms with Crippen LogP contribution in [0.5, 0.6) is 0 Å². The number of aromatic nitrogens is 1. The number of nitrogens with one attached hydrogen (secondary N) is 1. The van der Waals surface area contributed by atoms with Crippen LogP contribution in [0.2, 0.25) is 0 Å². The van der Waals surface area contributed by atoms with Gasteiger partial charge in [-0.3, -0.25) is 0 Å². The van der Waals surface area contributed by atoms with Crippen LogP contribution in [0.15, 0.2) is 12.3 Å². The van der Waals surface area contributed by atoms with Crippen LogP contribution in [0.1, 0.15) is 5.56 Å². The van der Waals surface area contributed by atoms with E-state index < -0.39 is 0 Å². The van der Waals surface area contributed by atoms with Gasteiger partial charge in [0.25, 0.3) is 0 Å². The molecule has 4 heteroatoms. The number of fused-ring (bicyclic) bond motifs is 2. The van der Waals surface area contributed by atoms with Crippen LogP contribution in [-0.4, -0.2) is 37.8 Å². The second kappa shape index (κ2) is 3.63. The number of anilines is 2. The van der Waals surface area contributed by atoms with E-state index in [4.69, 9.17) is 4.74 Å². The zero-order valence-corrected chi connectivity index (χ0v) is 9.73. The Balaban J connectivity index is 2.01. The predicted molar refractivity (Wildman–Crippen MR) is 64.0 cm³/mol. The van der Waals surface area contributed by atoms with Crippen molar-refractivity contribution >= 4 is 11.5 Å². The molecule has 1 aromatic rings. The quantitative estimate of drug-likeness (QED) is 0.713. The zero-order chi connectivity index (χ0) is 11.1. The minimum atomic E-state index is 0.462. The van der Waals surface area contributed by atoms with Crippen LogP contribution in [0.25, 0.3) is 0 Å². The number of likely N-dealkylation sites (N-methyl/N-ethyl adjacent to an activating group) is 1. The molecule has 1 fully saturated rings. The van der Waals surface area contributed by atoms with Gasteiger partial charge >= 0.3 is 0 Å². The zero-order valence-electron chi connectivity index (χ0n) is 9.73. The second-order valence-corrected chi connectivity index (χ2v) is 4.74. The van der Waals surface area contributed by atoms with Gasteiger partial charge in [-0.25, -0.2) is 4.98 Å². The van der Waals surface area contributed by atoms with E-state index in [-0.39, 0.29) is 0 Å². The average molecular weight is 219 g/mol. The summed E-state index contributed by atoms with van der Waals surface area (Å²) in [5.74, 6) is 1.61. The molecule has 0 radical (unpaired) electrons. The summed E-state index contributed by atoms with van der Waals surface area (Å²) >= 11 is 0. The Hall–Kier alpha value is -1.29. The molecule has 2 unspecified atom stereocenters. The van der Waals surface area contributed by atoms with E-state index in [0.29, 0.717) is 12.0 Å². The molecule has 2 aliphatic rings. The molecule has 3 heterocycles. The molecule has 2 atom stereocenters. The molecule has 4 nitrogen and oxygen atoms in total. The van der Waals surface area contributed by atoms with Gasteiger partial charge in [0.2, 0.25) is 0 Å². The highest BCUT2D eigenvalue weighted by Crippen LogP contribution is 2.32. The normalized spacial score (nSPS) is 28.0.